The van der Waals surface area contributed by atoms with Crippen LogP contribution in [0.25, 0.3) is 11.2 Å². The number of fused-ring (bicyclic) bond motifs is 4. The predicted octanol–water partition coefficient (Wildman–Crippen LogP) is -1.38. The zero-order valence-corrected chi connectivity index (χ0v) is 22.3. The molecule has 9 N–H and O–H groups in total. The molecule has 3 aromatic rings. The van der Waals surface area contributed by atoms with Gasteiger partial charge in [0.05, 0.1) is 29.4 Å². The molecule has 0 saturated carbocycles. The number of carbonyl (C=O) groups excluding carboxylic acids is 3. The number of imidazole rings is 1. The van der Waals surface area contributed by atoms with Gasteiger partial charge in [0.15, 0.2) is 11.9 Å². The van der Waals surface area contributed by atoms with Gasteiger partial charge in [0.1, 0.15) is 47.5 Å². The van der Waals surface area contributed by atoms with Crippen LogP contribution in [0.3, 0.4) is 0 Å². The summed E-state index contributed by atoms with van der Waals surface area (Å²) in [5, 5.41) is 30.0. The fraction of sp³-hybridized carbons (Fsp3) is 0.417. The summed E-state index contributed by atoms with van der Waals surface area (Å²) in [5.74, 6) is -0.982. The van der Waals surface area contributed by atoms with Crippen molar-refractivity contribution in [3.63, 3.8) is 0 Å². The smallest absolute Gasteiger partial charge is 0.404 e. The van der Waals surface area contributed by atoms with Crippen molar-refractivity contribution >= 4 is 40.6 Å². The Labute approximate surface area is 235 Å². The number of nitrogens with two attached hydrogens (primary N) is 3. The number of hydrogen-bond acceptors (Lipinski definition) is 14. The van der Waals surface area contributed by atoms with Crippen molar-refractivity contribution in [2.75, 3.05) is 6.61 Å². The summed E-state index contributed by atoms with van der Waals surface area (Å²) in [6.45, 7) is 0.783. The van der Waals surface area contributed by atoms with Crippen LogP contribution in [0.5, 0.6) is 0 Å². The monoisotopic (exact) mass is 586 g/mol. The Hall–Kier alpha value is -3.87. The van der Waals surface area contributed by atoms with Crippen molar-refractivity contribution < 1.29 is 39.2 Å². The molecule has 3 aliphatic rings. The van der Waals surface area contributed by atoms with Gasteiger partial charge in [-0.1, -0.05) is 11.8 Å². The van der Waals surface area contributed by atoms with Crippen LogP contribution in [0.15, 0.2) is 29.0 Å². The van der Waals surface area contributed by atoms with Crippen molar-refractivity contribution in [1.82, 2.24) is 24.1 Å². The van der Waals surface area contributed by atoms with Gasteiger partial charge >= 0.3 is 6.09 Å². The minimum Gasteiger partial charge on any atom is -0.445 e. The van der Waals surface area contributed by atoms with Crippen LogP contribution >= 0.6 is 11.8 Å². The summed E-state index contributed by atoms with van der Waals surface area (Å²) >= 11 is 1.20. The average Bonchev–Trinajstić information content (AvgIpc) is 3.67. The van der Waals surface area contributed by atoms with Gasteiger partial charge in [0, 0.05) is 29.4 Å². The summed E-state index contributed by atoms with van der Waals surface area (Å²) in [4.78, 5) is 51.0. The average molecular weight is 587 g/mol. The molecule has 2 unspecified atom stereocenters. The lowest BCUT2D eigenvalue weighted by Gasteiger charge is -2.19. The Balaban J connectivity index is 1.42. The number of rotatable bonds is 6. The molecule has 6 rings (SSSR count). The van der Waals surface area contributed by atoms with Gasteiger partial charge in [0.25, 0.3) is 0 Å². The molecular formula is C24H26N8O8S. The molecule has 0 aromatic carbocycles. The predicted molar refractivity (Wildman–Crippen MR) is 139 cm³/mol. The number of aliphatic hydroxyl groups excluding tert-OH is 3. The molecule has 216 valence electrons. The Bertz CT molecular complexity index is 1650. The molecule has 3 aromatic heterocycles. The molecule has 2 aliphatic heterocycles. The number of ether oxygens (including phenoxy) is 2. The second-order valence-corrected chi connectivity index (χ2v) is 11.1. The van der Waals surface area contributed by atoms with E-state index in [1.807, 2.05) is 0 Å². The molecule has 1 aliphatic carbocycles. The van der Waals surface area contributed by atoms with Crippen LogP contribution in [0, 0.1) is 0 Å². The molecule has 0 bridgehead atoms. The van der Waals surface area contributed by atoms with Gasteiger partial charge < -0.3 is 46.6 Å². The number of nitrogens with zero attached hydrogens (tertiary/aromatic N) is 5. The summed E-state index contributed by atoms with van der Waals surface area (Å²) in [7, 11) is 0. The van der Waals surface area contributed by atoms with Crippen LogP contribution < -0.4 is 17.2 Å². The second-order valence-electron chi connectivity index (χ2n) is 9.94. The molecule has 17 heteroatoms. The highest BCUT2D eigenvalue weighted by Crippen LogP contribution is 2.48. The Morgan fingerprint density at radius 1 is 1.22 bits per heavy atom. The number of ketones is 2. The number of amides is 1. The molecule has 0 radical (unpaired) electrons. The van der Waals surface area contributed by atoms with E-state index < -0.39 is 60.1 Å². The van der Waals surface area contributed by atoms with E-state index in [0.717, 1.165) is 0 Å². The maximum atomic E-state index is 13.3. The lowest BCUT2D eigenvalue weighted by atomic mass is 9.90. The summed E-state index contributed by atoms with van der Waals surface area (Å²) in [6.07, 6.45) is -3.11. The lowest BCUT2D eigenvalue weighted by Crippen LogP contribution is -2.33. The van der Waals surface area contributed by atoms with E-state index in [1.165, 1.54) is 35.9 Å². The second kappa shape index (κ2) is 9.89. The lowest BCUT2D eigenvalue weighted by molar-refractivity contribution is -0.0511. The SMILES string of the molecule is CC1=C(N)C(=O)c2c(COC(N)=O)c3n(c2C1=O)CC(N)C3Sc1ncnc2c1ncn2[C@@H]1O[C@H](CO)[C@@H](O)[C@H]1O. The fourth-order valence-corrected chi connectivity index (χ4v) is 6.81. The number of primary amides is 1. The van der Waals surface area contributed by atoms with E-state index in [-0.39, 0.29) is 46.9 Å². The number of allylic oxidation sites excluding steroid dienone is 2. The van der Waals surface area contributed by atoms with Crippen LogP contribution in [-0.2, 0) is 22.6 Å². The molecule has 1 amide bonds. The minimum atomic E-state index is -1.35. The zero-order valence-electron chi connectivity index (χ0n) is 21.5. The number of thioether (sulfide) groups is 1. The molecule has 5 heterocycles. The normalized spacial score (nSPS) is 27.5. The maximum Gasteiger partial charge on any atom is 0.404 e. The van der Waals surface area contributed by atoms with Gasteiger partial charge in [-0.2, -0.15) is 0 Å². The van der Waals surface area contributed by atoms with Gasteiger partial charge in [-0.05, 0) is 6.92 Å². The first-order chi connectivity index (χ1) is 19.5. The van der Waals surface area contributed by atoms with E-state index in [1.54, 1.807) is 4.57 Å². The Kier molecular flexibility index (Phi) is 6.59. The highest BCUT2D eigenvalue weighted by Gasteiger charge is 2.46. The summed E-state index contributed by atoms with van der Waals surface area (Å²) in [5.41, 5.74) is 19.2. The van der Waals surface area contributed by atoms with Crippen LogP contribution in [0.1, 0.15) is 50.5 Å². The maximum absolute atomic E-state index is 13.3. The van der Waals surface area contributed by atoms with E-state index in [0.29, 0.717) is 16.2 Å². The van der Waals surface area contributed by atoms with E-state index in [2.05, 4.69) is 15.0 Å². The van der Waals surface area contributed by atoms with E-state index >= 15 is 0 Å². The van der Waals surface area contributed by atoms with Gasteiger partial charge in [-0.3, -0.25) is 14.2 Å². The zero-order chi connectivity index (χ0) is 29.3. The van der Waals surface area contributed by atoms with E-state index in [4.69, 9.17) is 26.7 Å². The fourth-order valence-electron chi connectivity index (χ4n) is 5.56. The van der Waals surface area contributed by atoms with Crippen molar-refractivity contribution in [2.24, 2.45) is 17.2 Å². The molecular weight excluding hydrogens is 560 g/mol. The first-order valence-corrected chi connectivity index (χ1v) is 13.4. The largest absolute Gasteiger partial charge is 0.445 e. The number of aliphatic hydroxyl groups is 3. The van der Waals surface area contributed by atoms with Gasteiger partial charge in [0.2, 0.25) is 11.6 Å². The molecule has 0 spiro atoms. The van der Waals surface area contributed by atoms with Gasteiger partial charge in [-0.25, -0.2) is 19.7 Å². The first-order valence-electron chi connectivity index (χ1n) is 12.5. The van der Waals surface area contributed by atoms with Crippen molar-refractivity contribution in [1.29, 1.82) is 0 Å². The number of aromatic nitrogens is 5. The standard InChI is InChI=1S/C24H26N8O8S/c1-7-12(26)18(36)11-8(4-39-24(27)38)14-20(9(25)2-31(14)15(11)16(7)34)41-22-13-21(28-5-29-22)32(6-30-13)23-19(37)17(35)10(3-33)40-23/h5-6,9-10,17,19-20,23,33,35,37H,2-4,25-26H2,1H3,(H2,27,38)/t9?,10-,17-,19-,20?,23-/m1/s1. The molecule has 1 fully saturated rings. The quantitative estimate of drug-likeness (QED) is 0.182. The van der Waals surface area contributed by atoms with Crippen LogP contribution in [0.2, 0.25) is 0 Å². The highest BCUT2D eigenvalue weighted by atomic mass is 32.2. The van der Waals surface area contributed by atoms with Crippen molar-refractivity contribution in [3.8, 4) is 0 Å². The molecule has 6 atom stereocenters. The van der Waals surface area contributed by atoms with E-state index in [9.17, 15) is 29.7 Å². The first kappa shape index (κ1) is 27.3. The van der Waals surface area contributed by atoms with Gasteiger partial charge in [-0.15, -0.1) is 0 Å². The Morgan fingerprint density at radius 3 is 2.66 bits per heavy atom. The third kappa shape index (κ3) is 4.03. The number of Topliss-reactive ketones (excluding diaryl/α,β-unsaturated/α-hetero) is 2. The Morgan fingerprint density at radius 2 is 1.98 bits per heavy atom. The van der Waals surface area contributed by atoms with Crippen molar-refractivity contribution in [3.05, 3.63) is 46.4 Å². The highest BCUT2D eigenvalue weighted by molar-refractivity contribution is 7.99. The van der Waals surface area contributed by atoms with Crippen LogP contribution in [-0.4, -0.2) is 88.0 Å². The topological polar surface area (TPSA) is 257 Å². The molecule has 41 heavy (non-hydrogen) atoms. The molecule has 16 nitrogen and oxygen atoms in total. The summed E-state index contributed by atoms with van der Waals surface area (Å²) < 4.78 is 13.8. The number of hydrogen-bond donors (Lipinski definition) is 6. The third-order valence-electron chi connectivity index (χ3n) is 7.61. The van der Waals surface area contributed by atoms with Crippen molar-refractivity contribution in [2.45, 2.75) is 60.9 Å². The minimum absolute atomic E-state index is 0.0494. The number of carbonyl (C=O) groups is 3. The third-order valence-corrected chi connectivity index (χ3v) is 8.95. The van der Waals surface area contributed by atoms with Crippen LogP contribution in [0.4, 0.5) is 4.79 Å². The molecule has 1 saturated heterocycles. The summed E-state index contributed by atoms with van der Waals surface area (Å²) in [6, 6.07) is -0.549.